The number of aryl methyl sites for hydroxylation is 1. The van der Waals surface area contributed by atoms with Crippen molar-refractivity contribution in [3.8, 4) is 6.01 Å². The number of likely N-dealkylation sites (tertiary alicyclic amines) is 1. The van der Waals surface area contributed by atoms with Crippen LogP contribution in [0.4, 0.5) is 5.82 Å². The smallest absolute Gasteiger partial charge is 0.327 e. The Labute approximate surface area is 240 Å². The summed E-state index contributed by atoms with van der Waals surface area (Å²) in [4.78, 5) is 37.2. The van der Waals surface area contributed by atoms with Crippen molar-refractivity contribution in [2.45, 2.75) is 64.6 Å². The Morgan fingerprint density at radius 1 is 1.13 bits per heavy atom. The van der Waals surface area contributed by atoms with Gasteiger partial charge in [-0.25, -0.2) is 4.79 Å². The number of aromatic nitrogens is 4. The number of ether oxygens (including phenoxy) is 1. The van der Waals surface area contributed by atoms with Crippen molar-refractivity contribution < 1.29 is 14.6 Å². The molecule has 0 radical (unpaired) electrons. The molecule has 0 saturated carbocycles. The topological polar surface area (TPSA) is 151 Å². The minimum atomic E-state index is -0.814. The Morgan fingerprint density at radius 2 is 1.82 bits per heavy atom. The summed E-state index contributed by atoms with van der Waals surface area (Å²) in [5.74, 6) is -0.593. The van der Waals surface area contributed by atoms with Crippen LogP contribution in [0.15, 0.2) is 29.1 Å². The monoisotopic (exact) mass is 583 g/mol. The van der Waals surface area contributed by atoms with E-state index in [2.05, 4.69) is 32.1 Å². The molecule has 2 aromatic heterocycles. The summed E-state index contributed by atoms with van der Waals surface area (Å²) < 4.78 is 7.23. The highest BCUT2D eigenvalue weighted by Gasteiger charge is 2.19. The fourth-order valence-corrected chi connectivity index (χ4v) is 4.64. The lowest BCUT2D eigenvalue weighted by molar-refractivity contribution is -0.136. The van der Waals surface area contributed by atoms with Crippen molar-refractivity contribution in [1.29, 1.82) is 0 Å². The lowest BCUT2D eigenvalue weighted by atomic mass is 10.0. The van der Waals surface area contributed by atoms with Gasteiger partial charge in [0.25, 0.3) is 0 Å². The summed E-state index contributed by atoms with van der Waals surface area (Å²) in [6.07, 6.45) is 4.90. The number of rotatable bonds is 13. The number of fused-ring (bicyclic) bond motifs is 1. The summed E-state index contributed by atoms with van der Waals surface area (Å²) >= 11 is 0. The molecule has 0 amide bonds. The molecule has 0 bridgehead atoms. The third-order valence-electron chi connectivity index (χ3n) is 6.78. The highest BCUT2D eigenvalue weighted by molar-refractivity contribution is 5.85. The Morgan fingerprint density at radius 3 is 2.49 bits per heavy atom. The van der Waals surface area contributed by atoms with Crippen LogP contribution in [-0.2, 0) is 24.3 Å². The van der Waals surface area contributed by atoms with Crippen LogP contribution in [0.2, 0.25) is 0 Å². The molecule has 0 spiro atoms. The number of halogens is 2. The molecule has 1 aliphatic heterocycles. The summed E-state index contributed by atoms with van der Waals surface area (Å²) in [6.45, 7) is 6.82. The molecular weight excluding hydrogens is 545 g/mol. The fraction of sp³-hybridized carbons (Fsp3) is 0.538. The van der Waals surface area contributed by atoms with Gasteiger partial charge in [-0.3, -0.25) is 9.36 Å². The first-order valence-electron chi connectivity index (χ1n) is 13.1. The van der Waals surface area contributed by atoms with Crippen LogP contribution in [0.25, 0.3) is 11.2 Å². The van der Waals surface area contributed by atoms with Gasteiger partial charge >= 0.3 is 17.7 Å². The minimum absolute atomic E-state index is 0. The number of imidazole rings is 1. The van der Waals surface area contributed by atoms with E-state index >= 15 is 0 Å². The van der Waals surface area contributed by atoms with Gasteiger partial charge in [0.2, 0.25) is 0 Å². The van der Waals surface area contributed by atoms with Gasteiger partial charge in [0, 0.05) is 19.1 Å². The first kappa shape index (κ1) is 32.4. The summed E-state index contributed by atoms with van der Waals surface area (Å²) in [6, 6.07) is 8.41. The van der Waals surface area contributed by atoms with E-state index in [0.29, 0.717) is 30.4 Å². The van der Waals surface area contributed by atoms with Crippen LogP contribution in [0, 0.1) is 0 Å². The second-order valence-electron chi connectivity index (χ2n) is 9.61. The molecule has 5 N–H and O–H groups in total. The van der Waals surface area contributed by atoms with Gasteiger partial charge in [0.1, 0.15) is 5.52 Å². The number of nitrogens with one attached hydrogen (secondary N) is 2. The summed E-state index contributed by atoms with van der Waals surface area (Å²) in [5, 5.41) is 12.5. The number of benzene rings is 1. The Bertz CT molecular complexity index is 1240. The Balaban J connectivity index is 0.00000267. The highest BCUT2D eigenvalue weighted by atomic mass is 35.5. The number of anilines is 1. The number of unbranched alkanes of at least 4 members (excludes halogenated alkanes) is 1. The lowest BCUT2D eigenvalue weighted by Crippen LogP contribution is -2.42. The molecule has 0 aliphatic carbocycles. The number of hydrogen-bond donors (Lipinski definition) is 4. The van der Waals surface area contributed by atoms with Gasteiger partial charge in [-0.15, -0.1) is 24.8 Å². The number of nitrogen functional groups attached to an aromatic ring is 1. The lowest BCUT2D eigenvalue weighted by Gasteiger charge is -2.32. The number of H-pyrrole nitrogens is 1. The van der Waals surface area contributed by atoms with E-state index in [9.17, 15) is 9.59 Å². The zero-order chi connectivity index (χ0) is 26.2. The van der Waals surface area contributed by atoms with Crippen molar-refractivity contribution in [2.75, 3.05) is 32.0 Å². The molecule has 4 rings (SSSR count). The number of carboxylic acid groups (broad SMARTS) is 1. The van der Waals surface area contributed by atoms with Crippen molar-refractivity contribution in [2.24, 2.45) is 0 Å². The molecule has 1 fully saturated rings. The van der Waals surface area contributed by atoms with Crippen molar-refractivity contribution >= 4 is 47.8 Å². The van der Waals surface area contributed by atoms with Crippen molar-refractivity contribution in [3.63, 3.8) is 0 Å². The molecule has 0 atom stereocenters. The van der Waals surface area contributed by atoms with Crippen LogP contribution in [0.5, 0.6) is 6.01 Å². The molecule has 0 unspecified atom stereocenters. The number of piperidine rings is 1. The molecule has 39 heavy (non-hydrogen) atoms. The maximum Gasteiger partial charge on any atom is 0.327 e. The van der Waals surface area contributed by atoms with Gasteiger partial charge in [-0.2, -0.15) is 9.97 Å². The van der Waals surface area contributed by atoms with Gasteiger partial charge in [-0.05, 0) is 56.4 Å². The number of nitrogens with zero attached hydrogens (tertiary/aromatic N) is 4. The average Bonchev–Trinajstić information content (AvgIpc) is 3.20. The van der Waals surface area contributed by atoms with Gasteiger partial charge in [-0.1, -0.05) is 37.6 Å². The van der Waals surface area contributed by atoms with Crippen LogP contribution in [-0.4, -0.2) is 67.8 Å². The molecule has 13 heteroatoms. The van der Waals surface area contributed by atoms with E-state index in [-0.39, 0.29) is 48.8 Å². The average molecular weight is 585 g/mol. The van der Waals surface area contributed by atoms with Gasteiger partial charge < -0.3 is 30.8 Å². The predicted molar refractivity (Wildman–Crippen MR) is 156 cm³/mol. The number of carboxylic acids is 1. The highest BCUT2D eigenvalue weighted by Crippen LogP contribution is 2.18. The van der Waals surface area contributed by atoms with Crippen LogP contribution in [0.1, 0.15) is 50.2 Å². The van der Waals surface area contributed by atoms with E-state index < -0.39 is 5.97 Å². The molecule has 3 heterocycles. The number of aromatic amines is 1. The molecular formula is C26H39Cl2N7O4. The minimum Gasteiger partial charge on any atom is -0.481 e. The molecule has 1 aromatic carbocycles. The first-order chi connectivity index (χ1) is 17.9. The number of aliphatic carboxylic acids is 1. The standard InChI is InChI=1S/C26H37N7O4.2ClH/c1-2-3-15-37-25-30-23(27)22-24(31-25)33(26(36)29-22)12-4-11-32-13-9-20(10-14-32)28-17-19-7-5-18(6-8-19)16-21(34)35;;/h5-8,20,28H,2-4,9-17H2,1H3,(H,29,36)(H,34,35)(H2,27,30,31);2*1H. The van der Waals surface area contributed by atoms with Crippen molar-refractivity contribution in [1.82, 2.24) is 29.7 Å². The summed E-state index contributed by atoms with van der Waals surface area (Å²) in [5.41, 5.74) is 8.72. The predicted octanol–water partition coefficient (Wildman–Crippen LogP) is 3.00. The maximum absolute atomic E-state index is 12.5. The van der Waals surface area contributed by atoms with E-state index in [1.54, 1.807) is 4.57 Å². The van der Waals surface area contributed by atoms with Gasteiger partial charge in [0.05, 0.1) is 13.0 Å². The van der Waals surface area contributed by atoms with Crippen LogP contribution in [0.3, 0.4) is 0 Å². The van der Waals surface area contributed by atoms with Crippen LogP contribution >= 0.6 is 24.8 Å². The van der Waals surface area contributed by atoms with E-state index in [4.69, 9.17) is 15.6 Å². The third kappa shape index (κ3) is 9.10. The SMILES string of the molecule is CCCCOc1nc(N)c2[nH]c(=O)n(CCCN3CCC(NCc4ccc(CC(=O)O)cc4)CC3)c2n1.Cl.Cl. The molecule has 1 aliphatic rings. The van der Waals surface area contributed by atoms with E-state index in [1.807, 2.05) is 24.3 Å². The van der Waals surface area contributed by atoms with Crippen LogP contribution < -0.4 is 21.5 Å². The molecule has 3 aromatic rings. The zero-order valence-electron chi connectivity index (χ0n) is 22.2. The first-order valence-corrected chi connectivity index (χ1v) is 13.1. The second kappa shape index (κ2) is 15.7. The third-order valence-corrected chi connectivity index (χ3v) is 6.78. The molecule has 216 valence electrons. The van der Waals surface area contributed by atoms with E-state index in [1.165, 1.54) is 0 Å². The number of nitrogens with two attached hydrogens (primary N) is 1. The van der Waals surface area contributed by atoms with Crippen molar-refractivity contribution in [3.05, 3.63) is 45.9 Å². The normalized spacial score (nSPS) is 14.1. The second-order valence-corrected chi connectivity index (χ2v) is 9.61. The fourth-order valence-electron chi connectivity index (χ4n) is 4.64. The Hall–Kier alpha value is -2.86. The molecule has 11 nitrogen and oxygen atoms in total. The van der Waals surface area contributed by atoms with Gasteiger partial charge in [0.15, 0.2) is 11.5 Å². The number of carbonyl (C=O) groups is 1. The summed E-state index contributed by atoms with van der Waals surface area (Å²) in [7, 11) is 0. The largest absolute Gasteiger partial charge is 0.481 e. The zero-order valence-corrected chi connectivity index (χ0v) is 23.9. The Kier molecular flexibility index (Phi) is 13.0. The quantitative estimate of drug-likeness (QED) is 0.222. The molecule has 1 saturated heterocycles. The number of hydrogen-bond acceptors (Lipinski definition) is 8. The maximum atomic E-state index is 12.5. The van der Waals surface area contributed by atoms with E-state index in [0.717, 1.165) is 69.4 Å².